The molecule has 0 radical (unpaired) electrons. The molecule has 1 saturated heterocycles. The van der Waals surface area contributed by atoms with Gasteiger partial charge in [-0.25, -0.2) is 4.90 Å². The van der Waals surface area contributed by atoms with Gasteiger partial charge in [-0.05, 0) is 24.3 Å². The molecular weight excluding hydrogens is 308 g/mol. The number of anilines is 2. The molecule has 1 N–H and O–H groups in total. The lowest BCUT2D eigenvalue weighted by Crippen LogP contribution is -2.34. The van der Waals surface area contributed by atoms with E-state index in [0.717, 1.165) is 5.69 Å². The molecule has 0 aromatic heterocycles. The number of carbonyl (C=O) groups excluding carboxylic acids is 2. The van der Waals surface area contributed by atoms with Gasteiger partial charge in [-0.3, -0.25) is 9.59 Å². The summed E-state index contributed by atoms with van der Waals surface area (Å²) in [6.07, 6.45) is 0.104. The van der Waals surface area contributed by atoms with Crippen LogP contribution >= 0.6 is 0 Å². The van der Waals surface area contributed by atoms with Crippen molar-refractivity contribution in [3.05, 3.63) is 48.5 Å². The van der Waals surface area contributed by atoms with Crippen LogP contribution in [0.3, 0.4) is 0 Å². The van der Waals surface area contributed by atoms with Gasteiger partial charge in [0.25, 0.3) is 5.91 Å². The van der Waals surface area contributed by atoms with Crippen molar-refractivity contribution in [2.75, 3.05) is 24.4 Å². The first kappa shape index (κ1) is 15.9. The summed E-state index contributed by atoms with van der Waals surface area (Å²) in [5.74, 6) is 0.753. The van der Waals surface area contributed by atoms with Gasteiger partial charge in [-0.2, -0.15) is 0 Å². The highest BCUT2D eigenvalue weighted by Gasteiger charge is 2.39. The molecule has 3 rings (SSSR count). The Morgan fingerprint density at radius 1 is 1.00 bits per heavy atom. The highest BCUT2D eigenvalue weighted by atomic mass is 16.5. The molecule has 1 fully saturated rings. The van der Waals surface area contributed by atoms with Gasteiger partial charge in [0.1, 0.15) is 17.5 Å². The predicted octanol–water partition coefficient (Wildman–Crippen LogP) is 2.45. The minimum absolute atomic E-state index is 0.104. The molecule has 0 spiro atoms. The second-order valence-corrected chi connectivity index (χ2v) is 5.40. The number of carbonyl (C=O) groups is 2. The maximum absolute atomic E-state index is 12.6. The molecule has 2 amide bonds. The van der Waals surface area contributed by atoms with E-state index in [2.05, 4.69) is 5.32 Å². The molecule has 124 valence electrons. The third kappa shape index (κ3) is 3.03. The Morgan fingerprint density at radius 3 is 2.38 bits per heavy atom. The van der Waals surface area contributed by atoms with Crippen molar-refractivity contribution in [1.82, 2.24) is 0 Å². The summed E-state index contributed by atoms with van der Waals surface area (Å²) in [4.78, 5) is 26.1. The van der Waals surface area contributed by atoms with Crippen molar-refractivity contribution >= 4 is 23.2 Å². The molecule has 0 bridgehead atoms. The maximum Gasteiger partial charge on any atom is 0.256 e. The lowest BCUT2D eigenvalue weighted by Gasteiger charge is -2.17. The molecule has 0 unspecified atom stereocenters. The van der Waals surface area contributed by atoms with Crippen molar-refractivity contribution in [2.45, 2.75) is 12.5 Å². The molecule has 6 nitrogen and oxygen atoms in total. The van der Waals surface area contributed by atoms with Crippen molar-refractivity contribution in [1.29, 1.82) is 0 Å². The molecule has 1 heterocycles. The number of imide groups is 1. The molecule has 0 aliphatic carbocycles. The molecule has 0 saturated carbocycles. The summed E-state index contributed by atoms with van der Waals surface area (Å²) in [5.41, 5.74) is 1.24. The Labute approximate surface area is 140 Å². The van der Waals surface area contributed by atoms with Gasteiger partial charge in [0, 0.05) is 17.8 Å². The number of nitrogens with one attached hydrogen (secondary N) is 1. The monoisotopic (exact) mass is 326 g/mol. The summed E-state index contributed by atoms with van der Waals surface area (Å²) < 4.78 is 10.3. The van der Waals surface area contributed by atoms with Gasteiger partial charge in [0.05, 0.1) is 26.3 Å². The number of methoxy groups -OCH3 is 2. The first-order chi connectivity index (χ1) is 11.6. The van der Waals surface area contributed by atoms with E-state index in [0.29, 0.717) is 17.2 Å². The summed E-state index contributed by atoms with van der Waals surface area (Å²) in [5, 5.41) is 3.10. The topological polar surface area (TPSA) is 67.9 Å². The van der Waals surface area contributed by atoms with Gasteiger partial charge < -0.3 is 14.8 Å². The predicted molar refractivity (Wildman–Crippen MR) is 90.5 cm³/mol. The molecule has 6 heteroatoms. The van der Waals surface area contributed by atoms with Crippen molar-refractivity contribution in [2.24, 2.45) is 0 Å². The minimum Gasteiger partial charge on any atom is -0.497 e. The van der Waals surface area contributed by atoms with Crippen LogP contribution in [0.4, 0.5) is 11.4 Å². The third-order valence-electron chi connectivity index (χ3n) is 3.87. The first-order valence-corrected chi connectivity index (χ1v) is 7.54. The minimum atomic E-state index is -0.601. The van der Waals surface area contributed by atoms with Crippen LogP contribution in [0.25, 0.3) is 0 Å². The molecule has 1 atom stereocenters. The Hall–Kier alpha value is -3.02. The van der Waals surface area contributed by atoms with Crippen LogP contribution in [-0.4, -0.2) is 32.1 Å². The summed E-state index contributed by atoms with van der Waals surface area (Å²) >= 11 is 0. The van der Waals surface area contributed by atoms with E-state index in [9.17, 15) is 9.59 Å². The van der Waals surface area contributed by atoms with Crippen LogP contribution in [-0.2, 0) is 9.59 Å². The molecule has 24 heavy (non-hydrogen) atoms. The number of hydrogen-bond acceptors (Lipinski definition) is 5. The average molecular weight is 326 g/mol. The fourth-order valence-corrected chi connectivity index (χ4v) is 2.68. The smallest absolute Gasteiger partial charge is 0.256 e. The zero-order chi connectivity index (χ0) is 17.1. The number of benzene rings is 2. The van der Waals surface area contributed by atoms with Crippen molar-refractivity contribution < 1.29 is 19.1 Å². The summed E-state index contributed by atoms with van der Waals surface area (Å²) in [6, 6.07) is 13.5. The number of ether oxygens (including phenoxy) is 2. The highest BCUT2D eigenvalue weighted by Crippen LogP contribution is 2.28. The lowest BCUT2D eigenvalue weighted by molar-refractivity contribution is -0.121. The number of nitrogens with zero attached hydrogens (tertiary/aromatic N) is 1. The number of amides is 2. The lowest BCUT2D eigenvalue weighted by atomic mass is 10.2. The van der Waals surface area contributed by atoms with Gasteiger partial charge >= 0.3 is 0 Å². The van der Waals surface area contributed by atoms with Gasteiger partial charge in [0.15, 0.2) is 0 Å². The van der Waals surface area contributed by atoms with Gasteiger partial charge in [-0.15, -0.1) is 0 Å². The van der Waals surface area contributed by atoms with Crippen LogP contribution in [0, 0.1) is 0 Å². The van der Waals surface area contributed by atoms with E-state index >= 15 is 0 Å². The zero-order valence-electron chi connectivity index (χ0n) is 13.5. The summed E-state index contributed by atoms with van der Waals surface area (Å²) in [6.45, 7) is 0. The van der Waals surface area contributed by atoms with E-state index in [4.69, 9.17) is 9.47 Å². The molecule has 1 aliphatic heterocycles. The SMILES string of the molecule is COc1cccc(N[C@@H]2CC(=O)N(c3cccc(OC)c3)C2=O)c1. The largest absolute Gasteiger partial charge is 0.497 e. The normalized spacial score (nSPS) is 17.1. The van der Waals surface area contributed by atoms with E-state index in [-0.39, 0.29) is 18.2 Å². The molecular formula is C18H18N2O4. The van der Waals surface area contributed by atoms with Crippen LogP contribution in [0.1, 0.15) is 6.42 Å². The van der Waals surface area contributed by atoms with Crippen molar-refractivity contribution in [3.8, 4) is 11.5 Å². The number of hydrogen-bond donors (Lipinski definition) is 1. The van der Waals surface area contributed by atoms with Crippen LogP contribution in [0.2, 0.25) is 0 Å². The summed E-state index contributed by atoms with van der Waals surface area (Å²) in [7, 11) is 3.12. The van der Waals surface area contributed by atoms with Crippen LogP contribution in [0.5, 0.6) is 11.5 Å². The number of rotatable bonds is 5. The van der Waals surface area contributed by atoms with Crippen LogP contribution in [0.15, 0.2) is 48.5 Å². The first-order valence-electron chi connectivity index (χ1n) is 7.54. The van der Waals surface area contributed by atoms with E-state index in [1.807, 2.05) is 18.2 Å². The fraction of sp³-hybridized carbons (Fsp3) is 0.222. The quantitative estimate of drug-likeness (QED) is 0.855. The Bertz CT molecular complexity index is 775. The molecule has 2 aromatic carbocycles. The van der Waals surface area contributed by atoms with Crippen molar-refractivity contribution in [3.63, 3.8) is 0 Å². The molecule has 2 aromatic rings. The van der Waals surface area contributed by atoms with Crippen LogP contribution < -0.4 is 19.7 Å². The van der Waals surface area contributed by atoms with Gasteiger partial charge in [-0.1, -0.05) is 12.1 Å². The Morgan fingerprint density at radius 2 is 1.67 bits per heavy atom. The van der Waals surface area contributed by atoms with Gasteiger partial charge in [0.2, 0.25) is 5.91 Å². The Kier molecular flexibility index (Phi) is 4.37. The zero-order valence-corrected chi connectivity index (χ0v) is 13.5. The second kappa shape index (κ2) is 6.62. The Balaban J connectivity index is 1.80. The van der Waals surface area contributed by atoms with E-state index in [1.54, 1.807) is 44.6 Å². The average Bonchev–Trinajstić information content (AvgIpc) is 2.88. The standard InChI is InChI=1S/C18H18N2O4/c1-23-14-7-3-5-12(9-14)19-16-11-17(21)20(18(16)22)13-6-4-8-15(10-13)24-2/h3-10,16,19H,11H2,1-2H3/t16-/m1/s1. The third-order valence-corrected chi connectivity index (χ3v) is 3.87. The second-order valence-electron chi connectivity index (χ2n) is 5.40. The van der Waals surface area contributed by atoms with E-state index < -0.39 is 6.04 Å². The van der Waals surface area contributed by atoms with E-state index in [1.165, 1.54) is 4.90 Å². The maximum atomic E-state index is 12.6. The fourth-order valence-electron chi connectivity index (χ4n) is 2.68. The molecule has 1 aliphatic rings. The highest BCUT2D eigenvalue weighted by molar-refractivity contribution is 6.23.